The lowest BCUT2D eigenvalue weighted by Crippen LogP contribution is -1.86. The number of hydrogen-bond donors (Lipinski definition) is 0. The summed E-state index contributed by atoms with van der Waals surface area (Å²) in [6.45, 7) is 4.12. The first-order valence-electron chi connectivity index (χ1n) is 5.71. The second kappa shape index (κ2) is 5.36. The van der Waals surface area contributed by atoms with Crippen molar-refractivity contribution in [2.45, 2.75) is 29.6 Å². The fourth-order valence-electron chi connectivity index (χ4n) is 1.63. The average molecular weight is 328 g/mol. The molecule has 0 atom stereocenters. The third kappa shape index (κ3) is 2.76. The smallest absolute Gasteiger partial charge is 0.224 e. The minimum absolute atomic E-state index is 0.299. The lowest BCUT2D eigenvalue weighted by Gasteiger charge is -1.99. The van der Waals surface area contributed by atoms with E-state index in [1.165, 1.54) is 4.88 Å². The van der Waals surface area contributed by atoms with Gasteiger partial charge in [0, 0.05) is 21.3 Å². The quantitative estimate of drug-likeness (QED) is 0.510. The van der Waals surface area contributed by atoms with Gasteiger partial charge in [-0.05, 0) is 42.8 Å². The van der Waals surface area contributed by atoms with Crippen molar-refractivity contribution in [2.75, 3.05) is 0 Å². The minimum Gasteiger partial charge on any atom is -0.235 e. The maximum atomic E-state index is 6.00. The Hall–Kier alpha value is -0.690. The molecule has 0 N–H and O–H groups in total. The Morgan fingerprint density at radius 2 is 2.16 bits per heavy atom. The molecule has 0 aliphatic rings. The number of thiazole rings is 1. The van der Waals surface area contributed by atoms with E-state index < -0.39 is 0 Å². The summed E-state index contributed by atoms with van der Waals surface area (Å²) in [6.07, 6.45) is 0.999. The van der Waals surface area contributed by atoms with Crippen LogP contribution in [0.5, 0.6) is 0 Å². The third-order valence-electron chi connectivity index (χ3n) is 2.51. The van der Waals surface area contributed by atoms with Gasteiger partial charge in [-0.25, -0.2) is 15.0 Å². The molecule has 3 aromatic rings. The molecule has 0 unspecified atom stereocenters. The van der Waals surface area contributed by atoms with Gasteiger partial charge in [0.1, 0.15) is 9.86 Å². The van der Waals surface area contributed by atoms with Crippen molar-refractivity contribution in [1.29, 1.82) is 0 Å². The summed E-state index contributed by atoms with van der Waals surface area (Å²) >= 11 is 10.9. The van der Waals surface area contributed by atoms with Gasteiger partial charge in [-0.1, -0.05) is 6.92 Å². The van der Waals surface area contributed by atoms with Crippen molar-refractivity contribution in [3.05, 3.63) is 27.3 Å². The fraction of sp³-hybridized carbons (Fsp3) is 0.250. The lowest BCUT2D eigenvalue weighted by atomic mass is 10.3. The number of aromatic nitrogens is 3. The summed E-state index contributed by atoms with van der Waals surface area (Å²) in [7, 11) is 0. The van der Waals surface area contributed by atoms with E-state index in [1.807, 2.05) is 12.3 Å². The van der Waals surface area contributed by atoms with Crippen molar-refractivity contribution in [3.63, 3.8) is 0 Å². The van der Waals surface area contributed by atoms with Crippen molar-refractivity contribution >= 4 is 56.3 Å². The highest BCUT2D eigenvalue weighted by Gasteiger charge is 2.13. The van der Waals surface area contributed by atoms with Gasteiger partial charge in [-0.2, -0.15) is 0 Å². The van der Waals surface area contributed by atoms with Crippen LogP contribution in [-0.2, 0) is 6.42 Å². The van der Waals surface area contributed by atoms with Crippen LogP contribution >= 0.6 is 46.0 Å². The summed E-state index contributed by atoms with van der Waals surface area (Å²) < 4.78 is 0.984. The van der Waals surface area contributed by atoms with E-state index >= 15 is 0 Å². The average Bonchev–Trinajstić information content (AvgIpc) is 2.95. The molecule has 98 valence electrons. The molecule has 0 saturated heterocycles. The molecule has 0 radical (unpaired) electrons. The molecule has 3 nitrogen and oxygen atoms in total. The number of fused-ring (bicyclic) bond motifs is 1. The van der Waals surface area contributed by atoms with E-state index in [-0.39, 0.29) is 0 Å². The zero-order valence-corrected chi connectivity index (χ0v) is 13.5. The zero-order valence-electron chi connectivity index (χ0n) is 10.3. The van der Waals surface area contributed by atoms with E-state index in [2.05, 4.69) is 27.9 Å². The normalized spacial score (nSPS) is 11.3. The van der Waals surface area contributed by atoms with Crippen molar-refractivity contribution in [1.82, 2.24) is 15.0 Å². The van der Waals surface area contributed by atoms with Gasteiger partial charge in [0.15, 0.2) is 4.34 Å². The van der Waals surface area contributed by atoms with Crippen LogP contribution in [0.2, 0.25) is 5.28 Å². The molecule has 3 aromatic heterocycles. The Morgan fingerprint density at radius 3 is 2.84 bits per heavy atom. The van der Waals surface area contributed by atoms with Crippen LogP contribution in [0.4, 0.5) is 0 Å². The van der Waals surface area contributed by atoms with Gasteiger partial charge in [0.2, 0.25) is 5.28 Å². The first-order valence-corrected chi connectivity index (χ1v) is 8.60. The van der Waals surface area contributed by atoms with Crippen molar-refractivity contribution < 1.29 is 0 Å². The lowest BCUT2D eigenvalue weighted by molar-refractivity contribution is 1.10. The van der Waals surface area contributed by atoms with E-state index in [9.17, 15) is 0 Å². The van der Waals surface area contributed by atoms with Gasteiger partial charge >= 0.3 is 0 Å². The van der Waals surface area contributed by atoms with Gasteiger partial charge in [0.25, 0.3) is 0 Å². The highest BCUT2D eigenvalue weighted by Crippen LogP contribution is 2.37. The van der Waals surface area contributed by atoms with Crippen LogP contribution in [0.3, 0.4) is 0 Å². The molecule has 0 amide bonds. The monoisotopic (exact) mass is 327 g/mol. The third-order valence-corrected chi connectivity index (χ3v) is 5.92. The first kappa shape index (κ1) is 13.3. The number of nitrogens with zero attached hydrogens (tertiary/aromatic N) is 3. The van der Waals surface area contributed by atoms with Crippen LogP contribution in [0, 0.1) is 6.92 Å². The van der Waals surface area contributed by atoms with E-state index in [0.717, 1.165) is 31.7 Å². The largest absolute Gasteiger partial charge is 0.235 e. The number of rotatable bonds is 3. The molecule has 0 aliphatic carbocycles. The standard InChI is InChI=1S/C12H10ClN3S3/c1-3-7-4-8-9(18-7)15-11(13)16-10(8)19-12-14-6(2)5-17-12/h4-5H,3H2,1-2H3. The van der Waals surface area contributed by atoms with Crippen LogP contribution < -0.4 is 0 Å². The van der Waals surface area contributed by atoms with Gasteiger partial charge < -0.3 is 0 Å². The maximum Gasteiger partial charge on any atom is 0.224 e. The fourth-order valence-corrected chi connectivity index (χ4v) is 4.78. The second-order valence-corrected chi connectivity index (χ2v) is 7.49. The van der Waals surface area contributed by atoms with Crippen molar-refractivity contribution in [3.8, 4) is 0 Å². The van der Waals surface area contributed by atoms with E-state index in [1.54, 1.807) is 34.4 Å². The maximum absolute atomic E-state index is 6.00. The van der Waals surface area contributed by atoms with Crippen LogP contribution in [0.1, 0.15) is 17.5 Å². The molecule has 0 aliphatic heterocycles. The molecule has 0 fully saturated rings. The molecule has 3 rings (SSSR count). The molecule has 7 heteroatoms. The van der Waals surface area contributed by atoms with Gasteiger partial charge in [-0.3, -0.25) is 0 Å². The predicted octanol–water partition coefficient (Wildman–Crippen LogP) is 4.82. The Bertz CT molecular complexity index is 735. The predicted molar refractivity (Wildman–Crippen MR) is 82.8 cm³/mol. The van der Waals surface area contributed by atoms with Crippen LogP contribution in [-0.4, -0.2) is 15.0 Å². The Morgan fingerprint density at radius 1 is 1.32 bits per heavy atom. The molecule has 0 aromatic carbocycles. The summed E-state index contributed by atoms with van der Waals surface area (Å²) in [5, 5.41) is 4.30. The second-order valence-electron chi connectivity index (χ2n) is 3.94. The summed E-state index contributed by atoms with van der Waals surface area (Å²) in [6, 6.07) is 2.15. The van der Waals surface area contributed by atoms with Crippen LogP contribution in [0.15, 0.2) is 20.8 Å². The zero-order chi connectivity index (χ0) is 13.4. The first-order chi connectivity index (χ1) is 9.15. The van der Waals surface area contributed by atoms with Gasteiger partial charge in [0.05, 0.1) is 0 Å². The van der Waals surface area contributed by atoms with Gasteiger partial charge in [-0.15, -0.1) is 22.7 Å². The molecule has 3 heterocycles. The topological polar surface area (TPSA) is 38.7 Å². The minimum atomic E-state index is 0.299. The molecule has 0 spiro atoms. The molecule has 19 heavy (non-hydrogen) atoms. The highest BCUT2D eigenvalue weighted by molar-refractivity contribution is 8.01. The molecular formula is C12H10ClN3S3. The molecule has 0 bridgehead atoms. The molecular weight excluding hydrogens is 318 g/mol. The number of thiophene rings is 1. The number of aryl methyl sites for hydroxylation is 2. The van der Waals surface area contributed by atoms with E-state index in [0.29, 0.717) is 5.28 Å². The Labute approximate surface area is 128 Å². The molecule has 0 saturated carbocycles. The summed E-state index contributed by atoms with van der Waals surface area (Å²) in [4.78, 5) is 15.3. The summed E-state index contributed by atoms with van der Waals surface area (Å²) in [5.41, 5.74) is 1.03. The number of halogens is 1. The Balaban J connectivity index is 2.08. The van der Waals surface area contributed by atoms with Crippen molar-refractivity contribution in [2.24, 2.45) is 0 Å². The number of hydrogen-bond acceptors (Lipinski definition) is 6. The SMILES string of the molecule is CCc1cc2c(Sc3nc(C)cs3)nc(Cl)nc2s1. The van der Waals surface area contributed by atoms with Crippen LogP contribution in [0.25, 0.3) is 10.2 Å². The highest BCUT2D eigenvalue weighted by atomic mass is 35.5. The summed E-state index contributed by atoms with van der Waals surface area (Å²) in [5.74, 6) is 0. The van der Waals surface area contributed by atoms with E-state index in [4.69, 9.17) is 11.6 Å². The Kier molecular flexibility index (Phi) is 3.75.